The summed E-state index contributed by atoms with van der Waals surface area (Å²) in [6.45, 7) is 0. The Hall–Kier alpha value is -3.41. The van der Waals surface area contributed by atoms with E-state index in [2.05, 4.69) is 20.3 Å². The van der Waals surface area contributed by atoms with Crippen molar-refractivity contribution in [2.45, 2.75) is 0 Å². The van der Waals surface area contributed by atoms with E-state index >= 15 is 0 Å². The molecule has 6 heteroatoms. The van der Waals surface area contributed by atoms with Gasteiger partial charge in [-0.25, -0.2) is 9.97 Å². The summed E-state index contributed by atoms with van der Waals surface area (Å²) in [5.74, 6) is 1.29. The quantitative estimate of drug-likeness (QED) is 0.562. The molecule has 2 heterocycles. The first-order valence-electron chi connectivity index (χ1n) is 7.44. The summed E-state index contributed by atoms with van der Waals surface area (Å²) in [5, 5.41) is 5.22. The minimum Gasteiger partial charge on any atom is -0.495 e. The molecule has 24 heavy (non-hydrogen) atoms. The number of hydrogen-bond donors (Lipinski definition) is 2. The van der Waals surface area contributed by atoms with Gasteiger partial charge in [0.25, 0.3) is 0 Å². The highest BCUT2D eigenvalue weighted by atomic mass is 16.5. The second kappa shape index (κ2) is 5.66. The molecule has 0 fully saturated rings. The molecule has 0 radical (unpaired) electrons. The maximum atomic E-state index is 6.02. The fourth-order valence-electron chi connectivity index (χ4n) is 2.67. The summed E-state index contributed by atoms with van der Waals surface area (Å²) in [5.41, 5.74) is 9.20. The van der Waals surface area contributed by atoms with Crippen LogP contribution in [0.4, 0.5) is 17.2 Å². The first-order valence-corrected chi connectivity index (χ1v) is 7.44. The van der Waals surface area contributed by atoms with Crippen LogP contribution >= 0.6 is 0 Å². The summed E-state index contributed by atoms with van der Waals surface area (Å²) >= 11 is 0. The maximum absolute atomic E-state index is 6.02. The molecule has 0 amide bonds. The molecule has 118 valence electrons. The summed E-state index contributed by atoms with van der Waals surface area (Å²) in [6.07, 6.45) is 3.30. The van der Waals surface area contributed by atoms with Crippen molar-refractivity contribution in [2.24, 2.45) is 0 Å². The number of hydrogen-bond acceptors (Lipinski definition) is 6. The van der Waals surface area contributed by atoms with Crippen molar-refractivity contribution < 1.29 is 4.74 Å². The number of methoxy groups -OCH3 is 1. The number of nitrogen functional groups attached to an aromatic ring is 1. The number of rotatable bonds is 3. The lowest BCUT2D eigenvalue weighted by Gasteiger charge is -2.11. The number of ether oxygens (including phenoxy) is 1. The van der Waals surface area contributed by atoms with Crippen LogP contribution in [0.2, 0.25) is 0 Å². The fourth-order valence-corrected chi connectivity index (χ4v) is 2.67. The topological polar surface area (TPSA) is 86.0 Å². The number of nitrogens with two attached hydrogens (primary N) is 1. The van der Waals surface area contributed by atoms with E-state index in [9.17, 15) is 0 Å². The SMILES string of the molecule is COc1cc2ncnc(Nc3ccc4ncccc4c3)c2cc1N. The Labute approximate surface area is 138 Å². The van der Waals surface area contributed by atoms with Gasteiger partial charge in [-0.05, 0) is 30.3 Å². The molecule has 0 atom stereocenters. The molecular formula is C18H15N5O. The van der Waals surface area contributed by atoms with Crippen molar-refractivity contribution in [1.82, 2.24) is 15.0 Å². The normalized spacial score (nSPS) is 10.9. The van der Waals surface area contributed by atoms with Crippen molar-refractivity contribution in [3.05, 3.63) is 55.0 Å². The van der Waals surface area contributed by atoms with E-state index in [1.54, 1.807) is 13.3 Å². The van der Waals surface area contributed by atoms with E-state index in [0.29, 0.717) is 17.3 Å². The summed E-state index contributed by atoms with van der Waals surface area (Å²) in [6, 6.07) is 13.5. The van der Waals surface area contributed by atoms with Crippen molar-refractivity contribution in [3.63, 3.8) is 0 Å². The van der Waals surface area contributed by atoms with E-state index in [1.807, 2.05) is 42.5 Å². The smallest absolute Gasteiger partial charge is 0.143 e. The molecule has 0 bridgehead atoms. The van der Waals surface area contributed by atoms with Crippen LogP contribution in [-0.4, -0.2) is 22.1 Å². The number of nitrogens with zero attached hydrogens (tertiary/aromatic N) is 3. The molecule has 2 aromatic heterocycles. The van der Waals surface area contributed by atoms with Crippen LogP contribution in [0.25, 0.3) is 21.8 Å². The molecule has 0 saturated carbocycles. The Morgan fingerprint density at radius 3 is 2.79 bits per heavy atom. The predicted octanol–water partition coefficient (Wildman–Crippen LogP) is 3.51. The van der Waals surface area contributed by atoms with Gasteiger partial charge >= 0.3 is 0 Å². The highest BCUT2D eigenvalue weighted by molar-refractivity contribution is 5.95. The highest BCUT2D eigenvalue weighted by Gasteiger charge is 2.09. The second-order valence-electron chi connectivity index (χ2n) is 5.37. The predicted molar refractivity (Wildman–Crippen MR) is 95.5 cm³/mol. The Morgan fingerprint density at radius 2 is 1.92 bits per heavy atom. The molecule has 4 aromatic rings. The third-order valence-electron chi connectivity index (χ3n) is 3.85. The van der Waals surface area contributed by atoms with Gasteiger partial charge in [-0.1, -0.05) is 6.07 Å². The number of pyridine rings is 1. The van der Waals surface area contributed by atoms with Gasteiger partial charge in [0, 0.05) is 28.7 Å². The first kappa shape index (κ1) is 14.2. The summed E-state index contributed by atoms with van der Waals surface area (Å²) in [7, 11) is 1.58. The van der Waals surface area contributed by atoms with Crippen LogP contribution in [0, 0.1) is 0 Å². The summed E-state index contributed by atoms with van der Waals surface area (Å²) < 4.78 is 5.25. The van der Waals surface area contributed by atoms with Crippen LogP contribution in [0.1, 0.15) is 0 Å². The molecule has 0 aliphatic carbocycles. The minimum atomic E-state index is 0.547. The Balaban J connectivity index is 1.79. The first-order chi connectivity index (χ1) is 11.7. The van der Waals surface area contributed by atoms with Gasteiger partial charge in [0.15, 0.2) is 0 Å². The van der Waals surface area contributed by atoms with Crippen LogP contribution in [0.3, 0.4) is 0 Å². The Kier molecular flexibility index (Phi) is 3.35. The lowest BCUT2D eigenvalue weighted by Crippen LogP contribution is -1.98. The second-order valence-corrected chi connectivity index (χ2v) is 5.37. The standard InChI is InChI=1S/C18H15N5O/c1-24-17-9-16-13(8-14(17)19)18(22-10-21-16)23-12-4-5-15-11(7-12)3-2-6-20-15/h2-10H,19H2,1H3,(H,21,22,23). The van der Waals surface area contributed by atoms with Gasteiger partial charge in [-0.15, -0.1) is 0 Å². The van der Waals surface area contributed by atoms with Crippen LogP contribution < -0.4 is 15.8 Å². The zero-order chi connectivity index (χ0) is 16.5. The van der Waals surface area contributed by atoms with E-state index in [0.717, 1.165) is 27.5 Å². The lowest BCUT2D eigenvalue weighted by atomic mass is 10.1. The largest absolute Gasteiger partial charge is 0.495 e. The maximum Gasteiger partial charge on any atom is 0.143 e. The fraction of sp³-hybridized carbons (Fsp3) is 0.0556. The Morgan fingerprint density at radius 1 is 1.00 bits per heavy atom. The monoisotopic (exact) mass is 317 g/mol. The molecule has 0 aliphatic heterocycles. The van der Waals surface area contributed by atoms with Crippen molar-refractivity contribution in [3.8, 4) is 5.75 Å². The number of aromatic nitrogens is 3. The molecule has 6 nitrogen and oxygen atoms in total. The minimum absolute atomic E-state index is 0.547. The average Bonchev–Trinajstić information content (AvgIpc) is 2.61. The van der Waals surface area contributed by atoms with Crippen molar-refractivity contribution in [2.75, 3.05) is 18.2 Å². The van der Waals surface area contributed by atoms with Crippen LogP contribution in [0.15, 0.2) is 55.0 Å². The highest BCUT2D eigenvalue weighted by Crippen LogP contribution is 2.31. The van der Waals surface area contributed by atoms with Gasteiger partial charge in [0.2, 0.25) is 0 Å². The third kappa shape index (κ3) is 2.44. The number of benzene rings is 2. The molecule has 0 spiro atoms. The molecule has 0 saturated heterocycles. The van der Waals surface area contributed by atoms with Crippen LogP contribution in [0.5, 0.6) is 5.75 Å². The molecule has 2 aromatic carbocycles. The zero-order valence-electron chi connectivity index (χ0n) is 13.0. The van der Waals surface area contributed by atoms with Gasteiger partial charge in [-0.2, -0.15) is 0 Å². The van der Waals surface area contributed by atoms with E-state index < -0.39 is 0 Å². The van der Waals surface area contributed by atoms with Crippen molar-refractivity contribution >= 4 is 39.0 Å². The van der Waals surface area contributed by atoms with Gasteiger partial charge in [0.05, 0.1) is 23.8 Å². The van der Waals surface area contributed by atoms with Gasteiger partial charge < -0.3 is 15.8 Å². The molecular weight excluding hydrogens is 302 g/mol. The van der Waals surface area contributed by atoms with Crippen molar-refractivity contribution in [1.29, 1.82) is 0 Å². The van der Waals surface area contributed by atoms with Crippen LogP contribution in [-0.2, 0) is 0 Å². The zero-order valence-corrected chi connectivity index (χ0v) is 13.0. The van der Waals surface area contributed by atoms with E-state index in [-0.39, 0.29) is 0 Å². The summed E-state index contributed by atoms with van der Waals surface area (Å²) in [4.78, 5) is 13.0. The number of nitrogens with one attached hydrogen (secondary N) is 1. The Bertz CT molecular complexity index is 1050. The molecule has 4 rings (SSSR count). The molecule has 3 N–H and O–H groups in total. The number of fused-ring (bicyclic) bond motifs is 2. The van der Waals surface area contributed by atoms with E-state index in [4.69, 9.17) is 10.5 Å². The molecule has 0 unspecified atom stereocenters. The van der Waals surface area contributed by atoms with Gasteiger partial charge in [0.1, 0.15) is 17.9 Å². The average molecular weight is 317 g/mol. The van der Waals surface area contributed by atoms with E-state index in [1.165, 1.54) is 6.33 Å². The molecule has 0 aliphatic rings. The van der Waals surface area contributed by atoms with Gasteiger partial charge in [-0.3, -0.25) is 4.98 Å². The number of anilines is 3. The third-order valence-corrected chi connectivity index (χ3v) is 3.85. The lowest BCUT2D eigenvalue weighted by molar-refractivity contribution is 0.417.